The molecule has 2 aliphatic rings. The molecule has 3 heterocycles. The Hall–Kier alpha value is -2.10. The SMILES string of the molecule is Nc1ncnc2c1c(Cl)cn2[C@@H]1C[C@H](Oc2cc(Cl)cc3c2CNCC3)[C@@H](O)[C@H]1O. The number of nitrogen functional groups attached to an aromatic ring is 1. The molecule has 2 aromatic heterocycles. The van der Waals surface area contributed by atoms with Crippen LogP contribution in [0.3, 0.4) is 0 Å². The van der Waals surface area contributed by atoms with Gasteiger partial charge in [0.1, 0.15) is 41.9 Å². The number of benzene rings is 1. The molecule has 0 radical (unpaired) electrons. The Balaban J connectivity index is 1.47. The van der Waals surface area contributed by atoms with Crippen molar-refractivity contribution in [2.75, 3.05) is 12.3 Å². The Morgan fingerprint density at radius 3 is 2.87 bits per heavy atom. The lowest BCUT2D eigenvalue weighted by Crippen LogP contribution is -2.34. The van der Waals surface area contributed by atoms with Gasteiger partial charge >= 0.3 is 0 Å². The average Bonchev–Trinajstić information content (AvgIpc) is 3.20. The number of nitrogens with zero attached hydrogens (tertiary/aromatic N) is 3. The molecule has 5 N–H and O–H groups in total. The van der Waals surface area contributed by atoms with Crippen LogP contribution in [0, 0.1) is 0 Å². The molecule has 0 amide bonds. The molecule has 5 rings (SSSR count). The molecule has 1 aliphatic carbocycles. The minimum Gasteiger partial charge on any atom is -0.487 e. The van der Waals surface area contributed by atoms with Crippen LogP contribution in [0.25, 0.3) is 11.0 Å². The first-order chi connectivity index (χ1) is 14.4. The number of anilines is 1. The van der Waals surface area contributed by atoms with E-state index in [4.69, 9.17) is 33.7 Å². The zero-order valence-corrected chi connectivity index (χ0v) is 17.4. The molecule has 1 saturated carbocycles. The highest BCUT2D eigenvalue weighted by atomic mass is 35.5. The molecule has 1 aromatic carbocycles. The molecule has 30 heavy (non-hydrogen) atoms. The Morgan fingerprint density at radius 1 is 1.20 bits per heavy atom. The fourth-order valence-corrected chi connectivity index (χ4v) is 4.99. The highest BCUT2D eigenvalue weighted by Crippen LogP contribution is 2.40. The maximum atomic E-state index is 10.8. The van der Waals surface area contributed by atoms with Crippen LogP contribution in [0.1, 0.15) is 23.6 Å². The second kappa shape index (κ2) is 7.55. The van der Waals surface area contributed by atoms with E-state index in [0.29, 0.717) is 39.8 Å². The lowest BCUT2D eigenvalue weighted by Gasteiger charge is -2.24. The van der Waals surface area contributed by atoms with E-state index in [1.54, 1.807) is 16.8 Å². The number of rotatable bonds is 3. The first kappa shape index (κ1) is 19.8. The quantitative estimate of drug-likeness (QED) is 0.483. The van der Waals surface area contributed by atoms with Crippen LogP contribution in [0.15, 0.2) is 24.7 Å². The van der Waals surface area contributed by atoms with Gasteiger partial charge in [-0.3, -0.25) is 0 Å². The number of ether oxygens (including phenoxy) is 1. The second-order valence-electron chi connectivity index (χ2n) is 7.75. The summed E-state index contributed by atoms with van der Waals surface area (Å²) in [5.74, 6) is 0.895. The number of halogens is 2. The van der Waals surface area contributed by atoms with Crippen LogP contribution in [-0.4, -0.2) is 49.6 Å². The summed E-state index contributed by atoms with van der Waals surface area (Å²) < 4.78 is 7.93. The molecule has 0 spiro atoms. The Kier molecular flexibility index (Phi) is 4.99. The number of fused-ring (bicyclic) bond motifs is 2. The topological polar surface area (TPSA) is 118 Å². The predicted molar refractivity (Wildman–Crippen MR) is 114 cm³/mol. The highest BCUT2D eigenvalue weighted by Gasteiger charge is 2.45. The van der Waals surface area contributed by atoms with Crippen molar-refractivity contribution in [2.24, 2.45) is 0 Å². The van der Waals surface area contributed by atoms with Crippen molar-refractivity contribution in [1.82, 2.24) is 19.9 Å². The van der Waals surface area contributed by atoms with Gasteiger partial charge in [-0.1, -0.05) is 23.2 Å². The van der Waals surface area contributed by atoms with E-state index in [2.05, 4.69) is 15.3 Å². The second-order valence-corrected chi connectivity index (χ2v) is 8.59. The van der Waals surface area contributed by atoms with Gasteiger partial charge in [0.2, 0.25) is 0 Å². The van der Waals surface area contributed by atoms with Crippen molar-refractivity contribution in [3.63, 3.8) is 0 Å². The van der Waals surface area contributed by atoms with Crippen molar-refractivity contribution in [1.29, 1.82) is 0 Å². The van der Waals surface area contributed by atoms with Crippen LogP contribution >= 0.6 is 23.2 Å². The molecule has 0 saturated heterocycles. The molecular weight excluding hydrogens is 429 g/mol. The van der Waals surface area contributed by atoms with Crippen molar-refractivity contribution in [3.05, 3.63) is 45.8 Å². The first-order valence-corrected chi connectivity index (χ1v) is 10.5. The molecule has 0 bridgehead atoms. The first-order valence-electron chi connectivity index (χ1n) is 9.75. The highest BCUT2D eigenvalue weighted by molar-refractivity contribution is 6.36. The van der Waals surface area contributed by atoms with Crippen molar-refractivity contribution in [2.45, 2.75) is 43.7 Å². The van der Waals surface area contributed by atoms with Crippen LogP contribution < -0.4 is 15.8 Å². The van der Waals surface area contributed by atoms with Gasteiger partial charge in [-0.05, 0) is 30.7 Å². The van der Waals surface area contributed by atoms with Crippen LogP contribution in [0.2, 0.25) is 10.0 Å². The summed E-state index contributed by atoms with van der Waals surface area (Å²) in [7, 11) is 0. The van der Waals surface area contributed by atoms with Crippen LogP contribution in [0.5, 0.6) is 5.75 Å². The summed E-state index contributed by atoms with van der Waals surface area (Å²) in [4.78, 5) is 8.25. The summed E-state index contributed by atoms with van der Waals surface area (Å²) in [6.45, 7) is 1.55. The van der Waals surface area contributed by atoms with Crippen molar-refractivity contribution >= 4 is 40.1 Å². The molecule has 1 fully saturated rings. The Labute approximate surface area is 182 Å². The van der Waals surface area contributed by atoms with Gasteiger partial charge in [-0.25, -0.2) is 9.97 Å². The molecule has 10 heteroatoms. The minimum absolute atomic E-state index is 0.266. The third kappa shape index (κ3) is 3.19. The van der Waals surface area contributed by atoms with Gasteiger partial charge in [0.25, 0.3) is 0 Å². The number of nitrogens with one attached hydrogen (secondary N) is 1. The van der Waals surface area contributed by atoms with Gasteiger partial charge in [0.05, 0.1) is 16.5 Å². The molecule has 8 nitrogen and oxygen atoms in total. The fraction of sp³-hybridized carbons (Fsp3) is 0.400. The molecular formula is C20H21Cl2N5O3. The summed E-state index contributed by atoms with van der Waals surface area (Å²) in [6.07, 6.45) is 1.46. The largest absolute Gasteiger partial charge is 0.487 e. The number of hydrogen-bond donors (Lipinski definition) is 4. The number of nitrogens with two attached hydrogens (primary N) is 1. The van der Waals surface area contributed by atoms with E-state index in [1.807, 2.05) is 6.07 Å². The monoisotopic (exact) mass is 449 g/mol. The smallest absolute Gasteiger partial charge is 0.147 e. The third-order valence-electron chi connectivity index (χ3n) is 5.97. The van der Waals surface area contributed by atoms with Crippen molar-refractivity contribution < 1.29 is 14.9 Å². The van der Waals surface area contributed by atoms with E-state index in [1.165, 1.54) is 6.33 Å². The van der Waals surface area contributed by atoms with Crippen LogP contribution in [-0.2, 0) is 13.0 Å². The lowest BCUT2D eigenvalue weighted by molar-refractivity contribution is -0.0166. The molecule has 4 atom stereocenters. The Bertz CT molecular complexity index is 1120. The molecule has 3 aromatic rings. The minimum atomic E-state index is -1.09. The van der Waals surface area contributed by atoms with E-state index < -0.39 is 24.4 Å². The molecule has 0 unspecified atom stereocenters. The number of aromatic nitrogens is 3. The third-order valence-corrected chi connectivity index (χ3v) is 6.47. The van der Waals surface area contributed by atoms with Crippen molar-refractivity contribution in [3.8, 4) is 5.75 Å². The maximum absolute atomic E-state index is 10.8. The number of hydrogen-bond acceptors (Lipinski definition) is 7. The van der Waals surface area contributed by atoms with E-state index in [0.717, 1.165) is 24.1 Å². The maximum Gasteiger partial charge on any atom is 0.147 e. The zero-order chi connectivity index (χ0) is 21.0. The van der Waals surface area contributed by atoms with Gasteiger partial charge in [0, 0.05) is 29.7 Å². The normalized spacial score (nSPS) is 26.1. The fourth-order valence-electron chi connectivity index (χ4n) is 4.47. The van der Waals surface area contributed by atoms with E-state index >= 15 is 0 Å². The van der Waals surface area contributed by atoms with Gasteiger partial charge in [0.15, 0.2) is 0 Å². The predicted octanol–water partition coefficient (Wildman–Crippen LogP) is 2.08. The zero-order valence-electron chi connectivity index (χ0n) is 15.9. The standard InChI is InChI=1S/C20H21Cl2N5O3/c21-10-3-9-1-2-24-6-11(9)14(4-10)30-15-5-13(17(28)18(15)29)27-7-12(22)16-19(23)25-8-26-20(16)27/h3-4,7-8,13,15,17-18,24,28-29H,1-2,5-6H2,(H2,23,25,26)/t13-,15+,17+,18-/m1/s1. The van der Waals surface area contributed by atoms with Gasteiger partial charge in [-0.15, -0.1) is 0 Å². The van der Waals surface area contributed by atoms with E-state index in [-0.39, 0.29) is 5.82 Å². The molecule has 1 aliphatic heterocycles. The van der Waals surface area contributed by atoms with Crippen LogP contribution in [0.4, 0.5) is 5.82 Å². The van der Waals surface area contributed by atoms with Gasteiger partial charge < -0.3 is 30.6 Å². The molecule has 158 valence electrons. The van der Waals surface area contributed by atoms with Gasteiger partial charge in [-0.2, -0.15) is 0 Å². The van der Waals surface area contributed by atoms with E-state index in [9.17, 15) is 10.2 Å². The number of aliphatic hydroxyl groups excluding tert-OH is 2. The summed E-state index contributed by atoms with van der Waals surface area (Å²) >= 11 is 12.6. The summed E-state index contributed by atoms with van der Waals surface area (Å²) in [6, 6.07) is 3.23. The lowest BCUT2D eigenvalue weighted by atomic mass is 10.00. The number of aliphatic hydroxyl groups is 2. The summed E-state index contributed by atoms with van der Waals surface area (Å²) in [5, 5.41) is 26.4. The average molecular weight is 450 g/mol. The summed E-state index contributed by atoms with van der Waals surface area (Å²) in [5.41, 5.74) is 8.61. The Morgan fingerprint density at radius 2 is 2.03 bits per heavy atom.